The van der Waals surface area contributed by atoms with Crippen LogP contribution in [-0.2, 0) is 6.54 Å². The monoisotopic (exact) mass is 438 g/mol. The van der Waals surface area contributed by atoms with Crippen LogP contribution in [0, 0.1) is 6.92 Å². The molecule has 1 fully saturated rings. The molecule has 0 atom stereocenters. The molecule has 4 rings (SSSR count). The van der Waals surface area contributed by atoms with Crippen molar-refractivity contribution in [3.05, 3.63) is 76.1 Å². The standard InChI is InChI=1S/C24H27ClN4O2/c1-16-20(25)7-5-8-21(16)29-23(17-10-12-26-13-11-17)19(15-28-29)24(30)27-14-18-6-3-4-9-22(18)31-2/h3-9,15,17,26H,10-14H2,1-2H3,(H,27,30). The SMILES string of the molecule is COc1ccccc1CNC(=O)c1cnn(-c2cccc(Cl)c2C)c1C1CCNCC1. The summed E-state index contributed by atoms with van der Waals surface area (Å²) in [6.07, 6.45) is 3.59. The molecular weight excluding hydrogens is 412 g/mol. The lowest BCUT2D eigenvalue weighted by atomic mass is 9.91. The number of benzene rings is 2. The van der Waals surface area contributed by atoms with Gasteiger partial charge in [0.1, 0.15) is 5.75 Å². The molecule has 162 valence electrons. The maximum absolute atomic E-state index is 13.2. The van der Waals surface area contributed by atoms with Crippen molar-refractivity contribution in [3.8, 4) is 11.4 Å². The number of rotatable bonds is 6. The van der Waals surface area contributed by atoms with E-state index in [0.717, 1.165) is 54.2 Å². The lowest BCUT2D eigenvalue weighted by molar-refractivity contribution is 0.0949. The molecular formula is C24H27ClN4O2. The zero-order valence-electron chi connectivity index (χ0n) is 17.8. The minimum atomic E-state index is -0.134. The maximum Gasteiger partial charge on any atom is 0.255 e. The van der Waals surface area contributed by atoms with Crippen LogP contribution in [0.1, 0.15) is 45.9 Å². The smallest absolute Gasteiger partial charge is 0.255 e. The fourth-order valence-electron chi connectivity index (χ4n) is 4.16. The second kappa shape index (κ2) is 9.54. The Morgan fingerprint density at radius 3 is 2.77 bits per heavy atom. The van der Waals surface area contributed by atoms with Crippen LogP contribution >= 0.6 is 11.6 Å². The van der Waals surface area contributed by atoms with Gasteiger partial charge in [-0.3, -0.25) is 4.79 Å². The molecule has 31 heavy (non-hydrogen) atoms. The molecule has 0 unspecified atom stereocenters. The molecule has 1 aliphatic rings. The molecule has 2 heterocycles. The quantitative estimate of drug-likeness (QED) is 0.604. The van der Waals surface area contributed by atoms with Crippen LogP contribution in [-0.4, -0.2) is 35.9 Å². The topological polar surface area (TPSA) is 68.2 Å². The molecule has 0 aliphatic carbocycles. The zero-order chi connectivity index (χ0) is 21.8. The summed E-state index contributed by atoms with van der Waals surface area (Å²) in [7, 11) is 1.63. The first kappa shape index (κ1) is 21.4. The van der Waals surface area contributed by atoms with Gasteiger partial charge in [-0.1, -0.05) is 35.9 Å². The van der Waals surface area contributed by atoms with Gasteiger partial charge in [0.15, 0.2) is 0 Å². The third-order valence-corrected chi connectivity index (χ3v) is 6.29. The van der Waals surface area contributed by atoms with Crippen LogP contribution < -0.4 is 15.4 Å². The van der Waals surface area contributed by atoms with Gasteiger partial charge in [0.25, 0.3) is 5.91 Å². The van der Waals surface area contributed by atoms with Crippen molar-refractivity contribution in [1.29, 1.82) is 0 Å². The van der Waals surface area contributed by atoms with E-state index in [9.17, 15) is 4.79 Å². The Labute approximate surface area is 187 Å². The van der Waals surface area contributed by atoms with Gasteiger partial charge < -0.3 is 15.4 Å². The summed E-state index contributed by atoms with van der Waals surface area (Å²) in [5.74, 6) is 0.867. The van der Waals surface area contributed by atoms with E-state index in [-0.39, 0.29) is 11.8 Å². The first-order chi connectivity index (χ1) is 15.1. The van der Waals surface area contributed by atoms with Crippen LogP contribution in [0.25, 0.3) is 5.69 Å². The van der Waals surface area contributed by atoms with Gasteiger partial charge in [0, 0.05) is 23.0 Å². The maximum atomic E-state index is 13.2. The van der Waals surface area contributed by atoms with Gasteiger partial charge in [0.2, 0.25) is 0 Å². The Morgan fingerprint density at radius 1 is 1.23 bits per heavy atom. The number of halogens is 1. The Kier molecular flexibility index (Phi) is 6.59. The first-order valence-electron chi connectivity index (χ1n) is 10.5. The highest BCUT2D eigenvalue weighted by molar-refractivity contribution is 6.31. The Hall–Kier alpha value is -2.83. The highest BCUT2D eigenvalue weighted by atomic mass is 35.5. The fraction of sp³-hybridized carbons (Fsp3) is 0.333. The van der Waals surface area contributed by atoms with Crippen molar-refractivity contribution in [2.24, 2.45) is 0 Å². The molecule has 1 saturated heterocycles. The Balaban J connectivity index is 1.67. The number of carbonyl (C=O) groups is 1. The van der Waals surface area contributed by atoms with Crippen LogP contribution in [0.2, 0.25) is 5.02 Å². The number of nitrogens with zero attached hydrogens (tertiary/aromatic N) is 2. The Morgan fingerprint density at radius 2 is 2.00 bits per heavy atom. The van der Waals surface area contributed by atoms with Crippen molar-refractivity contribution < 1.29 is 9.53 Å². The summed E-state index contributed by atoms with van der Waals surface area (Å²) < 4.78 is 7.30. The van der Waals surface area contributed by atoms with Gasteiger partial charge in [-0.25, -0.2) is 4.68 Å². The minimum absolute atomic E-state index is 0.134. The minimum Gasteiger partial charge on any atom is -0.496 e. The van der Waals surface area contributed by atoms with E-state index < -0.39 is 0 Å². The van der Waals surface area contributed by atoms with Gasteiger partial charge in [-0.15, -0.1) is 0 Å². The molecule has 0 radical (unpaired) electrons. The summed E-state index contributed by atoms with van der Waals surface area (Å²) in [6.45, 7) is 4.21. The largest absolute Gasteiger partial charge is 0.496 e. The second-order valence-corrected chi connectivity index (χ2v) is 8.17. The van der Waals surface area contributed by atoms with E-state index in [2.05, 4.69) is 15.7 Å². The van der Waals surface area contributed by atoms with Crippen molar-refractivity contribution in [3.63, 3.8) is 0 Å². The fourth-order valence-corrected chi connectivity index (χ4v) is 4.33. The number of carbonyl (C=O) groups excluding carboxylic acids is 1. The number of hydrogen-bond donors (Lipinski definition) is 2. The number of hydrogen-bond acceptors (Lipinski definition) is 4. The van der Waals surface area contributed by atoms with Crippen molar-refractivity contribution in [2.45, 2.75) is 32.2 Å². The normalized spacial score (nSPS) is 14.4. The molecule has 7 heteroatoms. The highest BCUT2D eigenvalue weighted by Gasteiger charge is 2.27. The molecule has 0 spiro atoms. The number of aromatic nitrogens is 2. The van der Waals surface area contributed by atoms with E-state index in [1.807, 2.05) is 54.1 Å². The third-order valence-electron chi connectivity index (χ3n) is 5.88. The zero-order valence-corrected chi connectivity index (χ0v) is 18.6. The van der Waals surface area contributed by atoms with Gasteiger partial charge >= 0.3 is 0 Å². The van der Waals surface area contributed by atoms with E-state index in [4.69, 9.17) is 16.3 Å². The predicted molar refractivity (Wildman–Crippen MR) is 122 cm³/mol. The molecule has 1 aliphatic heterocycles. The van der Waals surface area contributed by atoms with E-state index in [0.29, 0.717) is 17.1 Å². The lowest BCUT2D eigenvalue weighted by Gasteiger charge is -2.25. The molecule has 1 aromatic heterocycles. The van der Waals surface area contributed by atoms with Crippen molar-refractivity contribution in [1.82, 2.24) is 20.4 Å². The summed E-state index contributed by atoms with van der Waals surface area (Å²) >= 11 is 6.38. The Bertz CT molecular complexity index is 1070. The number of nitrogens with one attached hydrogen (secondary N) is 2. The van der Waals surface area contributed by atoms with E-state index in [1.165, 1.54) is 0 Å². The van der Waals surface area contributed by atoms with E-state index >= 15 is 0 Å². The number of piperidine rings is 1. The number of amides is 1. The van der Waals surface area contributed by atoms with Crippen molar-refractivity contribution >= 4 is 17.5 Å². The number of para-hydroxylation sites is 1. The van der Waals surface area contributed by atoms with Crippen LogP contribution in [0.4, 0.5) is 0 Å². The molecule has 1 amide bonds. The molecule has 2 aromatic carbocycles. The summed E-state index contributed by atoms with van der Waals surface area (Å²) in [6, 6.07) is 13.5. The average Bonchev–Trinajstić information content (AvgIpc) is 3.25. The first-order valence-corrected chi connectivity index (χ1v) is 10.9. The molecule has 6 nitrogen and oxygen atoms in total. The second-order valence-electron chi connectivity index (χ2n) is 7.76. The van der Waals surface area contributed by atoms with Crippen molar-refractivity contribution in [2.75, 3.05) is 20.2 Å². The molecule has 0 bridgehead atoms. The summed E-state index contributed by atoms with van der Waals surface area (Å²) in [5, 5.41) is 11.8. The van der Waals surface area contributed by atoms with Crippen LogP contribution in [0.3, 0.4) is 0 Å². The van der Waals surface area contributed by atoms with Gasteiger partial charge in [-0.05, 0) is 56.6 Å². The lowest BCUT2D eigenvalue weighted by Crippen LogP contribution is -2.30. The van der Waals surface area contributed by atoms with Gasteiger partial charge in [0.05, 0.1) is 30.3 Å². The third kappa shape index (κ3) is 4.45. The number of methoxy groups -OCH3 is 1. The predicted octanol–water partition coefficient (Wildman–Crippen LogP) is 4.24. The number of ether oxygens (including phenoxy) is 1. The molecule has 2 N–H and O–H groups in total. The molecule has 0 saturated carbocycles. The van der Waals surface area contributed by atoms with Crippen LogP contribution in [0.5, 0.6) is 5.75 Å². The highest BCUT2D eigenvalue weighted by Crippen LogP contribution is 2.32. The van der Waals surface area contributed by atoms with Gasteiger partial charge in [-0.2, -0.15) is 5.10 Å². The van der Waals surface area contributed by atoms with Crippen LogP contribution in [0.15, 0.2) is 48.7 Å². The average molecular weight is 439 g/mol. The summed E-state index contributed by atoms with van der Waals surface area (Å²) in [5.41, 5.74) is 4.35. The van der Waals surface area contributed by atoms with E-state index in [1.54, 1.807) is 13.3 Å². The molecule has 3 aromatic rings. The summed E-state index contributed by atoms with van der Waals surface area (Å²) in [4.78, 5) is 13.2.